The number of aromatic amines is 1. The molecule has 2 aromatic heterocycles. The molecule has 3 heterocycles. The number of H-pyrrole nitrogens is 1. The molecule has 0 spiro atoms. The smallest absolute Gasteiger partial charge is 0.216 e. The Morgan fingerprint density at radius 3 is 2.87 bits per heavy atom. The number of methoxy groups -OCH3 is 1. The Balaban J connectivity index is 0.00000272. The van der Waals surface area contributed by atoms with Gasteiger partial charge in [0.05, 0.1) is 13.4 Å². The largest absolute Gasteiger partial charge is 0.497 e. The fourth-order valence-electron chi connectivity index (χ4n) is 3.72. The van der Waals surface area contributed by atoms with Gasteiger partial charge in [-0.25, -0.2) is 4.98 Å². The SMILES string of the molecule is CCNC(=NCCc1nc(-c2ccco2)n[nH]1)N1CCC(c2ccc(OC)cc2)C1.I. The van der Waals surface area contributed by atoms with Crippen LogP contribution in [-0.2, 0) is 6.42 Å². The van der Waals surface area contributed by atoms with Crippen LogP contribution < -0.4 is 10.1 Å². The lowest BCUT2D eigenvalue weighted by Gasteiger charge is -2.21. The number of hydrogen-bond acceptors (Lipinski definition) is 5. The van der Waals surface area contributed by atoms with Crippen LogP contribution in [0.1, 0.15) is 30.7 Å². The van der Waals surface area contributed by atoms with Crippen molar-refractivity contribution < 1.29 is 9.15 Å². The lowest BCUT2D eigenvalue weighted by Crippen LogP contribution is -2.40. The van der Waals surface area contributed by atoms with E-state index in [0.717, 1.165) is 43.6 Å². The van der Waals surface area contributed by atoms with Crippen molar-refractivity contribution in [3.8, 4) is 17.3 Å². The van der Waals surface area contributed by atoms with E-state index in [-0.39, 0.29) is 24.0 Å². The number of hydrogen-bond donors (Lipinski definition) is 2. The first-order valence-corrected chi connectivity index (χ1v) is 10.4. The van der Waals surface area contributed by atoms with Crippen LogP contribution >= 0.6 is 24.0 Å². The first-order chi connectivity index (χ1) is 14.8. The minimum Gasteiger partial charge on any atom is -0.497 e. The summed E-state index contributed by atoms with van der Waals surface area (Å²) in [6.07, 6.45) is 3.43. The van der Waals surface area contributed by atoms with E-state index in [1.807, 2.05) is 24.3 Å². The van der Waals surface area contributed by atoms with E-state index in [1.54, 1.807) is 13.4 Å². The molecular weight excluding hydrogens is 507 g/mol. The quantitative estimate of drug-likeness (QED) is 0.272. The number of benzene rings is 1. The third-order valence-electron chi connectivity index (χ3n) is 5.29. The summed E-state index contributed by atoms with van der Waals surface area (Å²) >= 11 is 0. The van der Waals surface area contributed by atoms with Gasteiger partial charge in [-0.2, -0.15) is 5.10 Å². The Kier molecular flexibility index (Phi) is 8.33. The van der Waals surface area contributed by atoms with Gasteiger partial charge in [-0.1, -0.05) is 12.1 Å². The molecule has 1 atom stereocenters. The van der Waals surface area contributed by atoms with Gasteiger partial charge in [-0.3, -0.25) is 10.1 Å². The number of guanidine groups is 1. The summed E-state index contributed by atoms with van der Waals surface area (Å²) < 4.78 is 10.6. The van der Waals surface area contributed by atoms with Crippen LogP contribution in [0.5, 0.6) is 5.75 Å². The molecule has 1 aromatic carbocycles. The Morgan fingerprint density at radius 2 is 2.16 bits per heavy atom. The van der Waals surface area contributed by atoms with Crippen molar-refractivity contribution in [2.45, 2.75) is 25.7 Å². The number of halogens is 1. The summed E-state index contributed by atoms with van der Waals surface area (Å²) in [5.74, 6) is 4.40. The van der Waals surface area contributed by atoms with Gasteiger partial charge in [0.2, 0.25) is 5.82 Å². The summed E-state index contributed by atoms with van der Waals surface area (Å²) in [5, 5.41) is 10.6. The van der Waals surface area contributed by atoms with Gasteiger partial charge < -0.3 is 19.4 Å². The molecule has 0 saturated carbocycles. The highest BCUT2D eigenvalue weighted by Gasteiger charge is 2.26. The topological polar surface area (TPSA) is 91.6 Å². The zero-order valence-corrected chi connectivity index (χ0v) is 20.2. The number of aliphatic imine (C=N–C) groups is 1. The molecule has 0 radical (unpaired) electrons. The third kappa shape index (κ3) is 5.78. The summed E-state index contributed by atoms with van der Waals surface area (Å²) in [4.78, 5) is 11.6. The monoisotopic (exact) mass is 536 g/mol. The fraction of sp³-hybridized carbons (Fsp3) is 0.409. The molecule has 2 N–H and O–H groups in total. The maximum Gasteiger partial charge on any atom is 0.216 e. The molecule has 0 aliphatic carbocycles. The molecule has 1 fully saturated rings. The van der Waals surface area contributed by atoms with E-state index >= 15 is 0 Å². The lowest BCUT2D eigenvalue weighted by molar-refractivity contribution is 0.414. The number of furan rings is 1. The molecular formula is C22H29IN6O2. The molecule has 1 unspecified atom stereocenters. The predicted molar refractivity (Wildman–Crippen MR) is 131 cm³/mol. The molecule has 31 heavy (non-hydrogen) atoms. The highest BCUT2D eigenvalue weighted by molar-refractivity contribution is 14.0. The van der Waals surface area contributed by atoms with Crippen LogP contribution in [0.2, 0.25) is 0 Å². The van der Waals surface area contributed by atoms with Crippen LogP contribution in [0, 0.1) is 0 Å². The Bertz CT molecular complexity index is 955. The molecule has 3 aromatic rings. The van der Waals surface area contributed by atoms with Crippen LogP contribution in [0.15, 0.2) is 52.1 Å². The van der Waals surface area contributed by atoms with Gasteiger partial charge in [0.1, 0.15) is 11.6 Å². The number of nitrogens with zero attached hydrogens (tertiary/aromatic N) is 4. The first kappa shape index (κ1) is 23.1. The molecule has 0 bridgehead atoms. The predicted octanol–water partition coefficient (Wildman–Crippen LogP) is 3.69. The second kappa shape index (κ2) is 11.2. The number of likely N-dealkylation sites (tertiary alicyclic amines) is 1. The van der Waals surface area contributed by atoms with Crippen molar-refractivity contribution >= 4 is 29.9 Å². The van der Waals surface area contributed by atoms with Crippen LogP contribution in [0.4, 0.5) is 0 Å². The average Bonchev–Trinajstić information content (AvgIpc) is 3.54. The van der Waals surface area contributed by atoms with Crippen molar-refractivity contribution in [3.63, 3.8) is 0 Å². The Labute approximate surface area is 199 Å². The van der Waals surface area contributed by atoms with Gasteiger partial charge in [0, 0.05) is 38.5 Å². The Hall–Kier alpha value is -2.56. The minimum absolute atomic E-state index is 0. The number of rotatable bonds is 7. The van der Waals surface area contributed by atoms with Crippen LogP contribution in [-0.4, -0.2) is 59.3 Å². The van der Waals surface area contributed by atoms with Crippen molar-refractivity contribution in [2.24, 2.45) is 4.99 Å². The molecule has 1 aliphatic heterocycles. The average molecular weight is 536 g/mol. The fourth-order valence-corrected chi connectivity index (χ4v) is 3.72. The normalized spacial score (nSPS) is 16.3. The molecule has 166 valence electrons. The summed E-state index contributed by atoms with van der Waals surface area (Å²) in [5.41, 5.74) is 1.35. The molecule has 1 aliphatic rings. The van der Waals surface area contributed by atoms with E-state index in [2.05, 4.69) is 44.5 Å². The van der Waals surface area contributed by atoms with E-state index in [0.29, 0.717) is 30.5 Å². The maximum absolute atomic E-state index is 5.34. The summed E-state index contributed by atoms with van der Waals surface area (Å²) in [6.45, 7) is 5.53. The van der Waals surface area contributed by atoms with Crippen molar-refractivity contribution in [1.82, 2.24) is 25.4 Å². The minimum atomic E-state index is 0. The van der Waals surface area contributed by atoms with Crippen molar-refractivity contribution in [1.29, 1.82) is 0 Å². The van der Waals surface area contributed by atoms with Crippen molar-refractivity contribution in [2.75, 3.05) is 33.3 Å². The third-order valence-corrected chi connectivity index (χ3v) is 5.29. The van der Waals surface area contributed by atoms with Gasteiger partial charge in [-0.15, -0.1) is 24.0 Å². The summed E-state index contributed by atoms with van der Waals surface area (Å²) in [7, 11) is 1.70. The van der Waals surface area contributed by atoms with Gasteiger partial charge >= 0.3 is 0 Å². The lowest BCUT2D eigenvalue weighted by atomic mass is 9.98. The standard InChI is InChI=1S/C22H28N6O2.HI/c1-3-23-22(24-12-10-20-25-21(27-26-20)19-5-4-14-30-19)28-13-11-17(15-28)16-6-8-18(29-2)9-7-16;/h4-9,14,17H,3,10-13,15H2,1-2H3,(H,23,24)(H,25,26,27);1H. The maximum atomic E-state index is 5.34. The van der Waals surface area contributed by atoms with Crippen molar-refractivity contribution in [3.05, 3.63) is 54.0 Å². The van der Waals surface area contributed by atoms with Gasteiger partial charge in [0.25, 0.3) is 0 Å². The van der Waals surface area contributed by atoms with E-state index in [4.69, 9.17) is 14.1 Å². The highest BCUT2D eigenvalue weighted by Crippen LogP contribution is 2.28. The zero-order valence-electron chi connectivity index (χ0n) is 17.9. The van der Waals surface area contributed by atoms with Crippen LogP contribution in [0.25, 0.3) is 11.6 Å². The zero-order chi connectivity index (χ0) is 20.8. The Morgan fingerprint density at radius 1 is 1.32 bits per heavy atom. The molecule has 0 amide bonds. The van der Waals surface area contributed by atoms with Crippen LogP contribution in [0.3, 0.4) is 0 Å². The second-order valence-corrected chi connectivity index (χ2v) is 7.27. The van der Waals surface area contributed by atoms with E-state index in [1.165, 1.54) is 5.56 Å². The van der Waals surface area contributed by atoms with E-state index < -0.39 is 0 Å². The molecule has 4 rings (SSSR count). The molecule has 8 nitrogen and oxygen atoms in total. The summed E-state index contributed by atoms with van der Waals surface area (Å²) in [6, 6.07) is 12.1. The number of ether oxygens (including phenoxy) is 1. The highest BCUT2D eigenvalue weighted by atomic mass is 127. The van der Waals surface area contributed by atoms with Gasteiger partial charge in [-0.05, 0) is 43.2 Å². The second-order valence-electron chi connectivity index (χ2n) is 7.27. The first-order valence-electron chi connectivity index (χ1n) is 10.4. The number of nitrogens with one attached hydrogen (secondary N) is 2. The molecule has 1 saturated heterocycles. The number of aromatic nitrogens is 3. The molecule has 9 heteroatoms. The van der Waals surface area contributed by atoms with Gasteiger partial charge in [0.15, 0.2) is 11.7 Å². The van der Waals surface area contributed by atoms with E-state index in [9.17, 15) is 0 Å².